The zero-order valence-electron chi connectivity index (χ0n) is 30.3. The number of hydrogen-bond donors (Lipinski definition) is 0. The van der Waals surface area contributed by atoms with Gasteiger partial charge in [-0.3, -0.25) is 0 Å². The van der Waals surface area contributed by atoms with Crippen molar-refractivity contribution in [2.24, 2.45) is 0 Å². The number of nitrogens with zero attached hydrogens (tertiary/aromatic N) is 1. The van der Waals surface area contributed by atoms with Gasteiger partial charge in [-0.2, -0.15) is 5.26 Å². The molecule has 0 aliphatic rings. The first-order valence-electron chi connectivity index (χ1n) is 19.3. The minimum absolute atomic E-state index is 0.128. The van der Waals surface area contributed by atoms with Gasteiger partial charge in [0.25, 0.3) is 0 Å². The molecule has 0 heterocycles. The molecule has 0 saturated heterocycles. The molecule has 4 rings (SSSR count). The van der Waals surface area contributed by atoms with Gasteiger partial charge in [0.15, 0.2) is 0 Å². The summed E-state index contributed by atoms with van der Waals surface area (Å²) < 4.78 is 13.8. The fraction of sp³-hybridized carbons (Fsp3) is 0.457. The molecule has 266 valence electrons. The molecule has 0 N–H and O–H groups in total. The van der Waals surface area contributed by atoms with Gasteiger partial charge in [0, 0.05) is 5.02 Å². The van der Waals surface area contributed by atoms with Crippen LogP contribution in [0.5, 0.6) is 0 Å². The second-order valence-electron chi connectivity index (χ2n) is 13.7. The number of halogens is 1. The molecule has 4 heteroatoms. The molecule has 0 amide bonds. The third-order valence-electron chi connectivity index (χ3n) is 9.73. The molecule has 4 aromatic carbocycles. The van der Waals surface area contributed by atoms with E-state index in [4.69, 9.17) is 21.1 Å². The standard InChI is InChI=1S/C46H58ClNO2/c1-2-3-4-5-6-7-8-9-10-11-12-13-14-15-25-32-45(49-37-40-33-39(36-48)34-44(47)35-40)38-50-46(41-26-19-16-20-27-41,42-28-21-17-22-29-42)43-30-23-18-24-31-43/h16-24,26-31,33-35,45H,2-15,25,32,37-38H2,1H3. The minimum atomic E-state index is -0.801. The SMILES string of the molecule is CCCCCCCCCCCCCCCCCC(COC(c1ccccc1)(c1ccccc1)c1ccccc1)OCc1cc(Cl)cc(C#N)c1. The number of benzene rings is 4. The maximum absolute atomic E-state index is 9.50. The summed E-state index contributed by atoms with van der Waals surface area (Å²) in [5, 5.41) is 10.0. The fourth-order valence-electron chi connectivity index (χ4n) is 6.96. The Balaban J connectivity index is 1.37. The number of nitriles is 1. The molecule has 3 nitrogen and oxygen atoms in total. The molecule has 0 aliphatic heterocycles. The maximum Gasteiger partial charge on any atom is 0.143 e. The Morgan fingerprint density at radius 1 is 0.600 bits per heavy atom. The van der Waals surface area contributed by atoms with E-state index in [-0.39, 0.29) is 6.10 Å². The van der Waals surface area contributed by atoms with Crippen molar-refractivity contribution in [3.63, 3.8) is 0 Å². The average molecular weight is 692 g/mol. The van der Waals surface area contributed by atoms with Gasteiger partial charge < -0.3 is 9.47 Å². The monoisotopic (exact) mass is 691 g/mol. The van der Waals surface area contributed by atoms with Crippen molar-refractivity contribution < 1.29 is 9.47 Å². The number of rotatable bonds is 25. The lowest BCUT2D eigenvalue weighted by molar-refractivity contribution is -0.0731. The molecule has 0 fully saturated rings. The van der Waals surface area contributed by atoms with E-state index in [1.165, 1.54) is 89.9 Å². The largest absolute Gasteiger partial charge is 0.371 e. The zero-order valence-corrected chi connectivity index (χ0v) is 31.1. The van der Waals surface area contributed by atoms with Crippen LogP contribution in [0.15, 0.2) is 109 Å². The quantitative estimate of drug-likeness (QED) is 0.0513. The van der Waals surface area contributed by atoms with E-state index in [0.717, 1.165) is 35.1 Å². The van der Waals surface area contributed by atoms with Crippen molar-refractivity contribution in [2.75, 3.05) is 6.61 Å². The summed E-state index contributed by atoms with van der Waals surface area (Å²) in [6.07, 6.45) is 20.9. The lowest BCUT2D eigenvalue weighted by Gasteiger charge is -2.37. The highest BCUT2D eigenvalue weighted by atomic mass is 35.5. The van der Waals surface area contributed by atoms with Crippen molar-refractivity contribution in [1.29, 1.82) is 5.26 Å². The highest BCUT2D eigenvalue weighted by molar-refractivity contribution is 6.30. The Kier molecular flexibility index (Phi) is 18.2. The zero-order chi connectivity index (χ0) is 35.1. The first-order valence-corrected chi connectivity index (χ1v) is 19.6. The van der Waals surface area contributed by atoms with Crippen molar-refractivity contribution in [3.05, 3.63) is 142 Å². The van der Waals surface area contributed by atoms with E-state index < -0.39 is 5.60 Å². The van der Waals surface area contributed by atoms with Crippen LogP contribution in [0.3, 0.4) is 0 Å². The third-order valence-corrected chi connectivity index (χ3v) is 9.95. The van der Waals surface area contributed by atoms with Crippen LogP contribution < -0.4 is 0 Å². The molecule has 0 spiro atoms. The second kappa shape index (κ2) is 23.1. The summed E-state index contributed by atoms with van der Waals surface area (Å²) in [5.74, 6) is 0. The molecular weight excluding hydrogens is 634 g/mol. The van der Waals surface area contributed by atoms with Gasteiger partial charge in [-0.05, 0) is 46.9 Å². The molecule has 0 radical (unpaired) electrons. The molecule has 0 aliphatic carbocycles. The van der Waals surface area contributed by atoms with Gasteiger partial charge in [-0.25, -0.2) is 0 Å². The topological polar surface area (TPSA) is 42.2 Å². The summed E-state index contributed by atoms with van der Waals surface area (Å²) in [6.45, 7) is 3.08. The van der Waals surface area contributed by atoms with E-state index >= 15 is 0 Å². The summed E-state index contributed by atoms with van der Waals surface area (Å²) in [5.41, 5.74) is 3.88. The Morgan fingerprint density at radius 2 is 1.04 bits per heavy atom. The summed E-state index contributed by atoms with van der Waals surface area (Å²) in [6, 6.07) is 39.2. The molecule has 0 saturated carbocycles. The van der Waals surface area contributed by atoms with Crippen LogP contribution >= 0.6 is 11.6 Å². The van der Waals surface area contributed by atoms with Crippen LogP contribution in [0.4, 0.5) is 0 Å². The van der Waals surface area contributed by atoms with Gasteiger partial charge >= 0.3 is 0 Å². The van der Waals surface area contributed by atoms with Crippen LogP contribution in [-0.4, -0.2) is 12.7 Å². The highest BCUT2D eigenvalue weighted by Gasteiger charge is 2.38. The fourth-order valence-corrected chi connectivity index (χ4v) is 7.21. The van der Waals surface area contributed by atoms with Gasteiger partial charge in [0.05, 0.1) is 31.0 Å². The molecular formula is C46H58ClNO2. The predicted molar refractivity (Wildman–Crippen MR) is 209 cm³/mol. The lowest BCUT2D eigenvalue weighted by atomic mass is 9.80. The molecule has 4 aromatic rings. The first kappa shape index (κ1) is 39.4. The van der Waals surface area contributed by atoms with Crippen molar-refractivity contribution in [3.8, 4) is 6.07 Å². The Morgan fingerprint density at radius 3 is 1.48 bits per heavy atom. The molecule has 0 aromatic heterocycles. The Labute approximate surface area is 308 Å². The number of unbranched alkanes of at least 4 members (excludes halogenated alkanes) is 14. The van der Waals surface area contributed by atoms with Gasteiger partial charge in [-0.15, -0.1) is 0 Å². The first-order chi connectivity index (χ1) is 24.7. The highest BCUT2D eigenvalue weighted by Crippen LogP contribution is 2.40. The van der Waals surface area contributed by atoms with Crippen molar-refractivity contribution in [2.45, 2.75) is 128 Å². The van der Waals surface area contributed by atoms with Crippen molar-refractivity contribution >= 4 is 11.6 Å². The van der Waals surface area contributed by atoms with Crippen LogP contribution in [-0.2, 0) is 21.7 Å². The van der Waals surface area contributed by atoms with Crippen LogP contribution in [0, 0.1) is 11.3 Å². The number of hydrogen-bond acceptors (Lipinski definition) is 3. The molecule has 0 bridgehead atoms. The Bertz CT molecular complexity index is 1410. The minimum Gasteiger partial charge on any atom is -0.371 e. The molecule has 1 atom stereocenters. The smallest absolute Gasteiger partial charge is 0.143 e. The average Bonchev–Trinajstić information content (AvgIpc) is 3.16. The van der Waals surface area contributed by atoms with Crippen LogP contribution in [0.25, 0.3) is 0 Å². The van der Waals surface area contributed by atoms with Crippen LogP contribution in [0.1, 0.15) is 137 Å². The molecule has 1 unspecified atom stereocenters. The van der Waals surface area contributed by atoms with Gasteiger partial charge in [0.2, 0.25) is 0 Å². The summed E-state index contributed by atoms with van der Waals surface area (Å²) in [4.78, 5) is 0. The predicted octanol–water partition coefficient (Wildman–Crippen LogP) is 13.4. The van der Waals surface area contributed by atoms with E-state index in [1.54, 1.807) is 6.07 Å². The van der Waals surface area contributed by atoms with Gasteiger partial charge in [-0.1, -0.05) is 206 Å². The maximum atomic E-state index is 9.50. The van der Waals surface area contributed by atoms with E-state index in [0.29, 0.717) is 23.8 Å². The molecule has 50 heavy (non-hydrogen) atoms. The van der Waals surface area contributed by atoms with Gasteiger partial charge in [0.1, 0.15) is 5.60 Å². The van der Waals surface area contributed by atoms with E-state index in [9.17, 15) is 5.26 Å². The summed E-state index contributed by atoms with van der Waals surface area (Å²) in [7, 11) is 0. The normalized spacial score (nSPS) is 12.1. The number of ether oxygens (including phenoxy) is 2. The second-order valence-corrected chi connectivity index (χ2v) is 14.2. The van der Waals surface area contributed by atoms with Crippen LogP contribution in [0.2, 0.25) is 5.02 Å². The van der Waals surface area contributed by atoms with E-state index in [1.807, 2.05) is 30.3 Å². The Hall–Kier alpha value is -3.42. The lowest BCUT2D eigenvalue weighted by Crippen LogP contribution is -2.36. The van der Waals surface area contributed by atoms with Crippen molar-refractivity contribution in [1.82, 2.24) is 0 Å². The van der Waals surface area contributed by atoms with E-state index in [2.05, 4.69) is 85.8 Å². The summed E-state index contributed by atoms with van der Waals surface area (Å²) >= 11 is 6.34. The third kappa shape index (κ3) is 13.0.